The first-order valence-electron chi connectivity index (χ1n) is 5.65. The van der Waals surface area contributed by atoms with E-state index in [4.69, 9.17) is 10.5 Å². The molecule has 0 spiro atoms. The van der Waals surface area contributed by atoms with Gasteiger partial charge in [-0.15, -0.1) is 0 Å². The molecule has 0 amide bonds. The van der Waals surface area contributed by atoms with Crippen LogP contribution < -0.4 is 10.5 Å². The van der Waals surface area contributed by atoms with Gasteiger partial charge in [0.25, 0.3) is 0 Å². The highest BCUT2D eigenvalue weighted by atomic mass is 79.9. The molecule has 0 radical (unpaired) electrons. The van der Waals surface area contributed by atoms with Crippen LogP contribution in [0, 0.1) is 11.6 Å². The highest BCUT2D eigenvalue weighted by Gasteiger charge is 2.14. The Labute approximate surface area is 118 Å². The van der Waals surface area contributed by atoms with Crippen LogP contribution in [0.3, 0.4) is 0 Å². The fourth-order valence-corrected chi connectivity index (χ4v) is 2.14. The van der Waals surface area contributed by atoms with Crippen molar-refractivity contribution in [2.24, 2.45) is 5.73 Å². The van der Waals surface area contributed by atoms with E-state index in [0.717, 1.165) is 0 Å². The van der Waals surface area contributed by atoms with Crippen LogP contribution in [-0.4, -0.2) is 0 Å². The molecule has 0 aromatic heterocycles. The molecule has 0 saturated carbocycles. The minimum atomic E-state index is -0.532. The molecule has 2 aromatic carbocycles. The summed E-state index contributed by atoms with van der Waals surface area (Å²) in [4.78, 5) is 0. The molecule has 0 aliphatic carbocycles. The summed E-state index contributed by atoms with van der Waals surface area (Å²) < 4.78 is 33.0. The summed E-state index contributed by atoms with van der Waals surface area (Å²) in [5, 5.41) is 0. The Morgan fingerprint density at radius 3 is 2.58 bits per heavy atom. The van der Waals surface area contributed by atoms with Gasteiger partial charge in [0.1, 0.15) is 11.6 Å². The highest BCUT2D eigenvalue weighted by Crippen LogP contribution is 2.32. The smallest absolute Gasteiger partial charge is 0.167 e. The number of para-hydroxylation sites is 1. The van der Waals surface area contributed by atoms with Crippen molar-refractivity contribution in [1.82, 2.24) is 0 Å². The van der Waals surface area contributed by atoms with Crippen molar-refractivity contribution >= 4 is 15.9 Å². The van der Waals surface area contributed by atoms with Crippen LogP contribution in [0.4, 0.5) is 8.78 Å². The standard InChI is InChI=1S/C14H12BrF2NO/c1-8(18)12-3-2-4-13(17)14(12)19-11-6-9(15)5-10(16)7-11/h2-8H,18H2,1H3/t8-/m1/s1. The van der Waals surface area contributed by atoms with E-state index in [9.17, 15) is 8.78 Å². The van der Waals surface area contributed by atoms with Gasteiger partial charge in [-0.1, -0.05) is 28.1 Å². The fraction of sp³-hybridized carbons (Fsp3) is 0.143. The summed E-state index contributed by atoms with van der Waals surface area (Å²) in [5.41, 5.74) is 6.29. The zero-order valence-corrected chi connectivity index (χ0v) is 11.7. The molecule has 0 unspecified atom stereocenters. The molecule has 2 nitrogen and oxygen atoms in total. The molecule has 0 bridgehead atoms. The molecule has 2 N–H and O–H groups in total. The molecular formula is C14H12BrF2NO. The lowest BCUT2D eigenvalue weighted by Gasteiger charge is -2.14. The van der Waals surface area contributed by atoms with Gasteiger partial charge in [-0.25, -0.2) is 8.78 Å². The Kier molecular flexibility index (Phi) is 4.17. The Morgan fingerprint density at radius 1 is 1.21 bits per heavy atom. The monoisotopic (exact) mass is 327 g/mol. The van der Waals surface area contributed by atoms with Crippen LogP contribution in [0.5, 0.6) is 11.5 Å². The molecule has 2 aromatic rings. The molecule has 1 atom stereocenters. The van der Waals surface area contributed by atoms with Crippen molar-refractivity contribution in [3.63, 3.8) is 0 Å². The maximum atomic E-state index is 13.8. The largest absolute Gasteiger partial charge is 0.454 e. The third kappa shape index (κ3) is 3.30. The maximum Gasteiger partial charge on any atom is 0.167 e. The molecule has 0 aliphatic heterocycles. The quantitative estimate of drug-likeness (QED) is 0.898. The average Bonchev–Trinajstić information content (AvgIpc) is 2.30. The molecule has 0 aliphatic rings. The van der Waals surface area contributed by atoms with E-state index in [-0.39, 0.29) is 17.5 Å². The third-order valence-corrected chi connectivity index (χ3v) is 3.00. The topological polar surface area (TPSA) is 35.2 Å². The highest BCUT2D eigenvalue weighted by molar-refractivity contribution is 9.10. The Bertz CT molecular complexity index is 582. The van der Waals surface area contributed by atoms with E-state index in [1.807, 2.05) is 0 Å². The van der Waals surface area contributed by atoms with E-state index in [1.165, 1.54) is 18.2 Å². The molecule has 0 fully saturated rings. The van der Waals surface area contributed by atoms with E-state index in [2.05, 4.69) is 15.9 Å². The van der Waals surface area contributed by atoms with Gasteiger partial charge >= 0.3 is 0 Å². The molecule has 19 heavy (non-hydrogen) atoms. The van der Waals surface area contributed by atoms with Gasteiger partial charge in [-0.05, 0) is 25.1 Å². The number of hydrogen-bond acceptors (Lipinski definition) is 2. The molecule has 100 valence electrons. The lowest BCUT2D eigenvalue weighted by atomic mass is 10.1. The Hall–Kier alpha value is -1.46. The SMILES string of the molecule is C[C@@H](N)c1cccc(F)c1Oc1cc(F)cc(Br)c1. The van der Waals surface area contributed by atoms with E-state index >= 15 is 0 Å². The summed E-state index contributed by atoms with van der Waals surface area (Å²) in [6.07, 6.45) is 0. The fourth-order valence-electron chi connectivity index (χ4n) is 1.70. The van der Waals surface area contributed by atoms with Crippen molar-refractivity contribution < 1.29 is 13.5 Å². The summed E-state index contributed by atoms with van der Waals surface area (Å²) in [6.45, 7) is 1.73. The lowest BCUT2D eigenvalue weighted by Crippen LogP contribution is -2.07. The lowest BCUT2D eigenvalue weighted by molar-refractivity contribution is 0.429. The first kappa shape index (κ1) is 14.0. The van der Waals surface area contributed by atoms with Gasteiger partial charge < -0.3 is 10.5 Å². The summed E-state index contributed by atoms with van der Waals surface area (Å²) >= 11 is 3.15. The maximum absolute atomic E-state index is 13.8. The second-order valence-corrected chi connectivity index (χ2v) is 5.07. The van der Waals surface area contributed by atoms with Gasteiger partial charge in [0.05, 0.1) is 0 Å². The number of benzene rings is 2. The minimum absolute atomic E-state index is 0.0231. The van der Waals surface area contributed by atoms with Crippen LogP contribution in [-0.2, 0) is 0 Å². The number of hydrogen-bond donors (Lipinski definition) is 1. The molecule has 0 saturated heterocycles. The molecule has 0 heterocycles. The third-order valence-electron chi connectivity index (χ3n) is 2.54. The number of halogens is 3. The predicted octanol–water partition coefficient (Wildman–Crippen LogP) is 4.54. The van der Waals surface area contributed by atoms with Crippen LogP contribution in [0.25, 0.3) is 0 Å². The molecule has 2 rings (SSSR count). The first-order valence-corrected chi connectivity index (χ1v) is 6.44. The summed E-state index contributed by atoms with van der Waals surface area (Å²) in [5.74, 6) is -0.771. The molecular weight excluding hydrogens is 316 g/mol. The van der Waals surface area contributed by atoms with E-state index < -0.39 is 11.6 Å². The van der Waals surface area contributed by atoms with Gasteiger partial charge in [-0.3, -0.25) is 0 Å². The van der Waals surface area contributed by atoms with Crippen molar-refractivity contribution in [2.45, 2.75) is 13.0 Å². The Balaban J connectivity index is 2.42. The number of ether oxygens (including phenoxy) is 1. The van der Waals surface area contributed by atoms with Crippen LogP contribution in [0.1, 0.15) is 18.5 Å². The van der Waals surface area contributed by atoms with Crippen molar-refractivity contribution in [2.75, 3.05) is 0 Å². The van der Waals surface area contributed by atoms with E-state index in [1.54, 1.807) is 25.1 Å². The summed E-state index contributed by atoms with van der Waals surface area (Å²) in [6, 6.07) is 8.15. The second-order valence-electron chi connectivity index (χ2n) is 4.15. The average molecular weight is 328 g/mol. The summed E-state index contributed by atoms with van der Waals surface area (Å²) in [7, 11) is 0. The normalized spacial score (nSPS) is 12.3. The van der Waals surface area contributed by atoms with Crippen LogP contribution in [0.15, 0.2) is 40.9 Å². The first-order chi connectivity index (χ1) is 8.97. The van der Waals surface area contributed by atoms with Gasteiger partial charge in [0.2, 0.25) is 0 Å². The number of nitrogens with two attached hydrogens (primary N) is 1. The van der Waals surface area contributed by atoms with Crippen LogP contribution in [0.2, 0.25) is 0 Å². The molecule has 5 heteroatoms. The zero-order valence-electron chi connectivity index (χ0n) is 10.2. The Morgan fingerprint density at radius 2 is 1.95 bits per heavy atom. The second kappa shape index (κ2) is 5.67. The van der Waals surface area contributed by atoms with Crippen molar-refractivity contribution in [3.05, 3.63) is 58.1 Å². The zero-order chi connectivity index (χ0) is 14.0. The number of rotatable bonds is 3. The van der Waals surface area contributed by atoms with Crippen molar-refractivity contribution in [1.29, 1.82) is 0 Å². The van der Waals surface area contributed by atoms with Gasteiger partial charge in [0.15, 0.2) is 11.6 Å². The van der Waals surface area contributed by atoms with Gasteiger partial charge in [0, 0.05) is 22.1 Å². The van der Waals surface area contributed by atoms with E-state index in [0.29, 0.717) is 10.0 Å². The van der Waals surface area contributed by atoms with Gasteiger partial charge in [-0.2, -0.15) is 0 Å². The van der Waals surface area contributed by atoms with Crippen molar-refractivity contribution in [3.8, 4) is 11.5 Å². The van der Waals surface area contributed by atoms with Crippen LogP contribution >= 0.6 is 15.9 Å². The predicted molar refractivity (Wildman–Crippen MR) is 73.2 cm³/mol. The minimum Gasteiger partial charge on any atom is -0.454 e.